The van der Waals surface area contributed by atoms with E-state index in [1.807, 2.05) is 11.0 Å². The van der Waals surface area contributed by atoms with Gasteiger partial charge in [-0.15, -0.1) is 0 Å². The lowest BCUT2D eigenvalue weighted by Crippen LogP contribution is -2.48. The van der Waals surface area contributed by atoms with Crippen molar-refractivity contribution in [3.05, 3.63) is 35.9 Å². The second-order valence-electron chi connectivity index (χ2n) is 6.81. The van der Waals surface area contributed by atoms with Crippen molar-refractivity contribution in [1.82, 2.24) is 9.80 Å². The van der Waals surface area contributed by atoms with E-state index < -0.39 is 0 Å². The molecule has 0 radical (unpaired) electrons. The van der Waals surface area contributed by atoms with Crippen LogP contribution in [-0.4, -0.2) is 48.7 Å². The highest BCUT2D eigenvalue weighted by Crippen LogP contribution is 2.32. The molecule has 5 nitrogen and oxygen atoms in total. The zero-order chi connectivity index (χ0) is 16.4. The molecule has 0 spiro atoms. The molecule has 1 atom stereocenters. The number of fused-ring (bicyclic) bond motifs is 1. The molecule has 24 heavy (non-hydrogen) atoms. The van der Waals surface area contributed by atoms with Crippen LogP contribution in [0.5, 0.6) is 11.5 Å². The Morgan fingerprint density at radius 3 is 2.75 bits per heavy atom. The smallest absolute Gasteiger partial charge is 0.231 e. The van der Waals surface area contributed by atoms with Crippen LogP contribution in [0.15, 0.2) is 30.4 Å². The van der Waals surface area contributed by atoms with E-state index in [1.54, 1.807) is 0 Å². The lowest BCUT2D eigenvalue weighted by Gasteiger charge is -2.35. The standard InChI is InChI=1S/C19H24N2O3/c22-19(12-15-3-1-2-4-15)21-9-7-20(8-10-21)13-16-5-6-17-18(11-16)24-14-23-17/h1,3,5-6,11,15H,2,4,7-10,12-14H2/t15-/m1/s1. The molecule has 4 rings (SSSR count). The zero-order valence-corrected chi connectivity index (χ0v) is 13.9. The molecule has 3 aliphatic rings. The second-order valence-corrected chi connectivity index (χ2v) is 6.81. The van der Waals surface area contributed by atoms with Crippen LogP contribution >= 0.6 is 0 Å². The topological polar surface area (TPSA) is 42.0 Å². The van der Waals surface area contributed by atoms with Crippen molar-refractivity contribution >= 4 is 5.91 Å². The highest BCUT2D eigenvalue weighted by atomic mass is 16.7. The minimum atomic E-state index is 0.314. The Hall–Kier alpha value is -2.01. The molecule has 0 saturated carbocycles. The predicted molar refractivity (Wildman–Crippen MR) is 90.9 cm³/mol. The number of hydrogen-bond donors (Lipinski definition) is 0. The zero-order valence-electron chi connectivity index (χ0n) is 13.9. The summed E-state index contributed by atoms with van der Waals surface area (Å²) in [6.45, 7) is 4.74. The van der Waals surface area contributed by atoms with E-state index >= 15 is 0 Å². The average molecular weight is 328 g/mol. The van der Waals surface area contributed by atoms with E-state index in [9.17, 15) is 4.79 Å². The summed E-state index contributed by atoms with van der Waals surface area (Å²) in [6, 6.07) is 6.14. The van der Waals surface area contributed by atoms with Gasteiger partial charge in [0, 0.05) is 39.1 Å². The van der Waals surface area contributed by atoms with Gasteiger partial charge in [0.15, 0.2) is 11.5 Å². The van der Waals surface area contributed by atoms with E-state index in [4.69, 9.17) is 9.47 Å². The number of allylic oxidation sites excluding steroid dienone is 2. The Balaban J connectivity index is 1.27. The van der Waals surface area contributed by atoms with Gasteiger partial charge < -0.3 is 14.4 Å². The van der Waals surface area contributed by atoms with Crippen LogP contribution in [0.2, 0.25) is 0 Å². The third-order valence-electron chi connectivity index (χ3n) is 5.12. The van der Waals surface area contributed by atoms with Gasteiger partial charge in [-0.2, -0.15) is 0 Å². The Kier molecular flexibility index (Phi) is 4.43. The van der Waals surface area contributed by atoms with Crippen molar-refractivity contribution in [2.45, 2.75) is 25.8 Å². The highest BCUT2D eigenvalue weighted by Gasteiger charge is 2.24. The van der Waals surface area contributed by atoms with Crippen LogP contribution in [0.1, 0.15) is 24.8 Å². The SMILES string of the molecule is O=C(C[C@@H]1C=CCC1)N1CCN(Cc2ccc3c(c2)OCO3)CC1. The van der Waals surface area contributed by atoms with Crippen molar-refractivity contribution in [3.8, 4) is 11.5 Å². The molecule has 1 aromatic rings. The molecule has 1 amide bonds. The van der Waals surface area contributed by atoms with Gasteiger partial charge in [-0.1, -0.05) is 18.2 Å². The first kappa shape index (κ1) is 15.5. The van der Waals surface area contributed by atoms with E-state index in [1.165, 1.54) is 5.56 Å². The number of amides is 1. The maximum absolute atomic E-state index is 12.4. The maximum atomic E-state index is 12.4. The van der Waals surface area contributed by atoms with Crippen molar-refractivity contribution in [1.29, 1.82) is 0 Å². The molecule has 5 heteroatoms. The van der Waals surface area contributed by atoms with Gasteiger partial charge in [0.05, 0.1) is 0 Å². The summed E-state index contributed by atoms with van der Waals surface area (Å²) in [5.74, 6) is 2.44. The first-order valence-corrected chi connectivity index (χ1v) is 8.83. The largest absolute Gasteiger partial charge is 0.454 e. The van der Waals surface area contributed by atoms with Crippen LogP contribution in [0.4, 0.5) is 0 Å². The Labute approximate surface area is 142 Å². The van der Waals surface area contributed by atoms with Crippen LogP contribution in [0.3, 0.4) is 0 Å². The Morgan fingerprint density at radius 2 is 1.96 bits per heavy atom. The summed E-state index contributed by atoms with van der Waals surface area (Å²) in [6.07, 6.45) is 7.34. The minimum absolute atomic E-state index is 0.314. The number of benzene rings is 1. The molecule has 128 valence electrons. The minimum Gasteiger partial charge on any atom is -0.454 e. The first-order valence-electron chi connectivity index (χ1n) is 8.83. The van der Waals surface area contributed by atoms with Gasteiger partial charge in [0.2, 0.25) is 12.7 Å². The van der Waals surface area contributed by atoms with Crippen molar-refractivity contribution in [2.24, 2.45) is 5.92 Å². The molecule has 0 bridgehead atoms. The fourth-order valence-electron chi connectivity index (χ4n) is 3.67. The summed E-state index contributed by atoms with van der Waals surface area (Å²) in [4.78, 5) is 16.8. The summed E-state index contributed by atoms with van der Waals surface area (Å²) in [7, 11) is 0. The van der Waals surface area contributed by atoms with Gasteiger partial charge in [-0.3, -0.25) is 9.69 Å². The third kappa shape index (κ3) is 3.41. The van der Waals surface area contributed by atoms with Gasteiger partial charge in [0.1, 0.15) is 0 Å². The molecule has 1 saturated heterocycles. The van der Waals surface area contributed by atoms with Crippen molar-refractivity contribution < 1.29 is 14.3 Å². The number of hydrogen-bond acceptors (Lipinski definition) is 4. The fraction of sp³-hybridized carbons (Fsp3) is 0.526. The van der Waals surface area contributed by atoms with Gasteiger partial charge >= 0.3 is 0 Å². The molecule has 0 N–H and O–H groups in total. The molecule has 2 aliphatic heterocycles. The Bertz CT molecular complexity index is 635. The van der Waals surface area contributed by atoms with Gasteiger partial charge in [-0.25, -0.2) is 0 Å². The predicted octanol–water partition coefficient (Wildman–Crippen LogP) is 2.42. The first-order chi connectivity index (χ1) is 11.8. The molecule has 0 aromatic heterocycles. The molecule has 0 unspecified atom stereocenters. The number of rotatable bonds is 4. The van der Waals surface area contributed by atoms with E-state index in [0.717, 1.165) is 57.1 Å². The number of carbonyl (C=O) groups is 1. The van der Waals surface area contributed by atoms with Crippen LogP contribution in [-0.2, 0) is 11.3 Å². The van der Waals surface area contributed by atoms with Crippen LogP contribution in [0.25, 0.3) is 0 Å². The van der Waals surface area contributed by atoms with Crippen molar-refractivity contribution in [3.63, 3.8) is 0 Å². The molecular formula is C19H24N2O3. The van der Waals surface area contributed by atoms with E-state index in [-0.39, 0.29) is 0 Å². The number of ether oxygens (including phenoxy) is 2. The summed E-state index contributed by atoms with van der Waals surface area (Å²) < 4.78 is 10.8. The monoisotopic (exact) mass is 328 g/mol. The quantitative estimate of drug-likeness (QED) is 0.796. The molecular weight excluding hydrogens is 304 g/mol. The molecule has 2 heterocycles. The number of piperazine rings is 1. The normalized spacial score (nSPS) is 23.0. The third-order valence-corrected chi connectivity index (χ3v) is 5.12. The van der Waals surface area contributed by atoms with Gasteiger partial charge in [0.25, 0.3) is 0 Å². The average Bonchev–Trinajstić information content (AvgIpc) is 3.26. The van der Waals surface area contributed by atoms with Crippen LogP contribution in [0, 0.1) is 5.92 Å². The summed E-state index contributed by atoms with van der Waals surface area (Å²) >= 11 is 0. The van der Waals surface area contributed by atoms with E-state index in [0.29, 0.717) is 25.0 Å². The maximum Gasteiger partial charge on any atom is 0.231 e. The lowest BCUT2D eigenvalue weighted by molar-refractivity contribution is -0.133. The second kappa shape index (κ2) is 6.85. The van der Waals surface area contributed by atoms with E-state index in [2.05, 4.69) is 29.2 Å². The van der Waals surface area contributed by atoms with Crippen LogP contribution < -0.4 is 9.47 Å². The molecule has 1 fully saturated rings. The fourth-order valence-corrected chi connectivity index (χ4v) is 3.67. The molecule has 1 aromatic carbocycles. The van der Waals surface area contributed by atoms with Gasteiger partial charge in [-0.05, 0) is 36.5 Å². The highest BCUT2D eigenvalue weighted by molar-refractivity contribution is 5.76. The molecule has 1 aliphatic carbocycles. The lowest BCUT2D eigenvalue weighted by atomic mass is 10.0. The summed E-state index contributed by atoms with van der Waals surface area (Å²) in [5, 5.41) is 0. The Morgan fingerprint density at radius 1 is 1.12 bits per heavy atom. The number of nitrogens with zero attached hydrogens (tertiary/aromatic N) is 2. The number of carbonyl (C=O) groups excluding carboxylic acids is 1. The summed E-state index contributed by atoms with van der Waals surface area (Å²) in [5.41, 5.74) is 1.23. The van der Waals surface area contributed by atoms with Crippen molar-refractivity contribution in [2.75, 3.05) is 33.0 Å².